The van der Waals surface area contributed by atoms with Gasteiger partial charge in [-0.1, -0.05) is 24.3 Å². The summed E-state index contributed by atoms with van der Waals surface area (Å²) in [5, 5.41) is 4.40. The van der Waals surface area contributed by atoms with Gasteiger partial charge in [-0.15, -0.1) is 0 Å². The fourth-order valence-corrected chi connectivity index (χ4v) is 1.75. The molecule has 16 heavy (non-hydrogen) atoms. The maximum Gasteiger partial charge on any atom is 0.150 e. The summed E-state index contributed by atoms with van der Waals surface area (Å²) in [6.07, 6.45) is 0.853. The fraction of sp³-hybridized carbons (Fsp3) is 0.231. The van der Waals surface area contributed by atoms with Crippen molar-refractivity contribution in [1.82, 2.24) is 9.78 Å². The standard InChI is InChI=1S/C13H14N2O/c1-3-15-13(8-10(2)14-15)12-6-4-11(9-16)5-7-12/h4-9H,3H2,1-2H3. The van der Waals surface area contributed by atoms with Crippen LogP contribution in [0.1, 0.15) is 23.0 Å². The highest BCUT2D eigenvalue weighted by molar-refractivity contribution is 5.76. The van der Waals surface area contributed by atoms with Crippen molar-refractivity contribution in [2.24, 2.45) is 0 Å². The van der Waals surface area contributed by atoms with Crippen LogP contribution in [-0.4, -0.2) is 16.1 Å². The summed E-state index contributed by atoms with van der Waals surface area (Å²) >= 11 is 0. The zero-order chi connectivity index (χ0) is 11.5. The van der Waals surface area contributed by atoms with Crippen LogP contribution in [0.4, 0.5) is 0 Å². The molecule has 3 heteroatoms. The monoisotopic (exact) mass is 214 g/mol. The first kappa shape index (κ1) is 10.6. The zero-order valence-electron chi connectivity index (χ0n) is 9.47. The van der Waals surface area contributed by atoms with Gasteiger partial charge in [-0.3, -0.25) is 9.48 Å². The molecule has 0 saturated carbocycles. The van der Waals surface area contributed by atoms with Crippen LogP contribution >= 0.6 is 0 Å². The normalized spacial score (nSPS) is 10.4. The second-order valence-electron chi connectivity index (χ2n) is 3.73. The Balaban J connectivity index is 2.45. The van der Waals surface area contributed by atoms with E-state index in [4.69, 9.17) is 0 Å². The number of aromatic nitrogens is 2. The Morgan fingerprint density at radius 1 is 1.31 bits per heavy atom. The lowest BCUT2D eigenvalue weighted by atomic mass is 10.1. The minimum atomic E-state index is 0.697. The number of rotatable bonds is 3. The van der Waals surface area contributed by atoms with E-state index >= 15 is 0 Å². The third kappa shape index (κ3) is 1.89. The molecular formula is C13H14N2O. The van der Waals surface area contributed by atoms with Gasteiger partial charge in [0.15, 0.2) is 0 Å². The van der Waals surface area contributed by atoms with Gasteiger partial charge in [0, 0.05) is 12.1 Å². The van der Waals surface area contributed by atoms with Crippen LogP contribution in [0.25, 0.3) is 11.3 Å². The molecule has 82 valence electrons. The SMILES string of the molecule is CCn1nc(C)cc1-c1ccc(C=O)cc1. The van der Waals surface area contributed by atoms with Gasteiger partial charge in [0.25, 0.3) is 0 Å². The van der Waals surface area contributed by atoms with Crippen molar-refractivity contribution in [2.45, 2.75) is 20.4 Å². The molecule has 0 unspecified atom stereocenters. The van der Waals surface area contributed by atoms with Crippen molar-refractivity contribution in [2.75, 3.05) is 0 Å². The first-order valence-electron chi connectivity index (χ1n) is 5.34. The van der Waals surface area contributed by atoms with Gasteiger partial charge in [0.2, 0.25) is 0 Å². The highest BCUT2D eigenvalue weighted by Crippen LogP contribution is 2.20. The van der Waals surface area contributed by atoms with E-state index < -0.39 is 0 Å². The summed E-state index contributed by atoms with van der Waals surface area (Å²) in [6, 6.07) is 9.60. The van der Waals surface area contributed by atoms with E-state index in [1.807, 2.05) is 35.9 Å². The number of hydrogen-bond acceptors (Lipinski definition) is 2. The minimum absolute atomic E-state index is 0.697. The molecule has 0 amide bonds. The van der Waals surface area contributed by atoms with Crippen molar-refractivity contribution in [3.8, 4) is 11.3 Å². The molecule has 0 spiro atoms. The Morgan fingerprint density at radius 2 is 2.00 bits per heavy atom. The number of hydrogen-bond donors (Lipinski definition) is 0. The number of carbonyl (C=O) groups is 1. The first-order valence-corrected chi connectivity index (χ1v) is 5.34. The van der Waals surface area contributed by atoms with Crippen molar-refractivity contribution in [1.29, 1.82) is 0 Å². The average Bonchev–Trinajstić information content (AvgIpc) is 2.70. The minimum Gasteiger partial charge on any atom is -0.298 e. The van der Waals surface area contributed by atoms with Crippen molar-refractivity contribution in [3.63, 3.8) is 0 Å². The summed E-state index contributed by atoms with van der Waals surface area (Å²) in [5.74, 6) is 0. The molecule has 0 atom stereocenters. The Hall–Kier alpha value is -1.90. The second-order valence-corrected chi connectivity index (χ2v) is 3.73. The van der Waals surface area contributed by atoms with Gasteiger partial charge in [-0.25, -0.2) is 0 Å². The summed E-state index contributed by atoms with van der Waals surface area (Å²) in [5.41, 5.74) is 3.89. The molecular weight excluding hydrogens is 200 g/mol. The topological polar surface area (TPSA) is 34.9 Å². The van der Waals surface area contributed by atoms with Crippen molar-refractivity contribution < 1.29 is 4.79 Å². The largest absolute Gasteiger partial charge is 0.298 e. The molecule has 1 aromatic carbocycles. The lowest BCUT2D eigenvalue weighted by Crippen LogP contribution is -1.99. The van der Waals surface area contributed by atoms with Gasteiger partial charge in [0.1, 0.15) is 6.29 Å². The van der Waals surface area contributed by atoms with E-state index in [2.05, 4.69) is 18.1 Å². The molecule has 0 N–H and O–H groups in total. The number of nitrogens with zero attached hydrogens (tertiary/aromatic N) is 2. The summed E-state index contributed by atoms with van der Waals surface area (Å²) in [7, 11) is 0. The Morgan fingerprint density at radius 3 is 2.56 bits per heavy atom. The highest BCUT2D eigenvalue weighted by atomic mass is 16.1. The molecule has 0 radical (unpaired) electrons. The third-order valence-corrected chi connectivity index (χ3v) is 2.54. The van der Waals surface area contributed by atoms with E-state index in [0.717, 1.165) is 29.8 Å². The zero-order valence-corrected chi connectivity index (χ0v) is 9.47. The van der Waals surface area contributed by atoms with Gasteiger partial charge < -0.3 is 0 Å². The molecule has 0 aliphatic heterocycles. The maximum atomic E-state index is 10.6. The molecule has 2 rings (SSSR count). The van der Waals surface area contributed by atoms with Gasteiger partial charge in [-0.05, 0) is 25.5 Å². The summed E-state index contributed by atoms with van der Waals surface area (Å²) in [6.45, 7) is 4.89. The van der Waals surface area contributed by atoms with E-state index in [1.165, 1.54) is 0 Å². The lowest BCUT2D eigenvalue weighted by Gasteiger charge is -2.04. The van der Waals surface area contributed by atoms with Crippen LogP contribution in [0.5, 0.6) is 0 Å². The summed E-state index contributed by atoms with van der Waals surface area (Å²) < 4.78 is 1.96. The Kier molecular flexibility index (Phi) is 2.86. The number of benzene rings is 1. The fourth-order valence-electron chi connectivity index (χ4n) is 1.75. The van der Waals surface area contributed by atoms with E-state index in [0.29, 0.717) is 5.56 Å². The lowest BCUT2D eigenvalue weighted by molar-refractivity contribution is 0.112. The molecule has 1 aromatic heterocycles. The van der Waals surface area contributed by atoms with E-state index in [9.17, 15) is 4.79 Å². The molecule has 1 heterocycles. The summed E-state index contributed by atoms with van der Waals surface area (Å²) in [4.78, 5) is 10.6. The Bertz CT molecular complexity index is 497. The van der Waals surface area contributed by atoms with E-state index in [-0.39, 0.29) is 0 Å². The van der Waals surface area contributed by atoms with Gasteiger partial charge >= 0.3 is 0 Å². The molecule has 0 aliphatic rings. The maximum absolute atomic E-state index is 10.6. The van der Waals surface area contributed by atoms with Crippen LogP contribution in [0.2, 0.25) is 0 Å². The molecule has 0 aliphatic carbocycles. The van der Waals surface area contributed by atoms with E-state index in [1.54, 1.807) is 0 Å². The predicted octanol–water partition coefficient (Wildman–Crippen LogP) is 2.69. The molecule has 3 nitrogen and oxygen atoms in total. The van der Waals surface area contributed by atoms with Crippen molar-refractivity contribution >= 4 is 6.29 Å². The van der Waals surface area contributed by atoms with Crippen molar-refractivity contribution in [3.05, 3.63) is 41.6 Å². The predicted molar refractivity (Wildman–Crippen MR) is 63.5 cm³/mol. The van der Waals surface area contributed by atoms with Crippen LogP contribution < -0.4 is 0 Å². The quantitative estimate of drug-likeness (QED) is 0.736. The van der Waals surface area contributed by atoms with Gasteiger partial charge in [0.05, 0.1) is 11.4 Å². The molecule has 0 fully saturated rings. The third-order valence-electron chi connectivity index (χ3n) is 2.54. The molecule has 0 saturated heterocycles. The number of aryl methyl sites for hydroxylation is 2. The van der Waals surface area contributed by atoms with Gasteiger partial charge in [-0.2, -0.15) is 5.10 Å². The average molecular weight is 214 g/mol. The number of carbonyl (C=O) groups excluding carboxylic acids is 1. The molecule has 0 bridgehead atoms. The highest BCUT2D eigenvalue weighted by Gasteiger charge is 2.06. The molecule has 2 aromatic rings. The van der Waals surface area contributed by atoms with Crippen LogP contribution in [0, 0.1) is 6.92 Å². The second kappa shape index (κ2) is 4.31. The number of aldehydes is 1. The first-order chi connectivity index (χ1) is 7.74. The van der Waals surface area contributed by atoms with Crippen LogP contribution in [0.15, 0.2) is 30.3 Å². The smallest absolute Gasteiger partial charge is 0.150 e. The Labute approximate surface area is 94.7 Å². The van der Waals surface area contributed by atoms with Crippen LogP contribution in [0.3, 0.4) is 0 Å². The van der Waals surface area contributed by atoms with Crippen LogP contribution in [-0.2, 0) is 6.54 Å².